The maximum Gasteiger partial charge on any atom is 0.573 e. The van der Waals surface area contributed by atoms with Crippen molar-refractivity contribution in [1.29, 1.82) is 0 Å². The number of aromatic nitrogens is 1. The molecular formula is C21H15BrF3NO6. The quantitative estimate of drug-likeness (QED) is 0.509. The monoisotopic (exact) mass is 513 g/mol. The molecule has 0 amide bonds. The molecule has 0 aliphatic carbocycles. The number of nitrogens with zero attached hydrogens (tertiary/aromatic N) is 1. The summed E-state index contributed by atoms with van der Waals surface area (Å²) in [5.74, 6) is -2.85. The first kappa shape index (κ1) is 22.0. The molecule has 11 heteroatoms. The van der Waals surface area contributed by atoms with E-state index in [4.69, 9.17) is 9.47 Å². The van der Waals surface area contributed by atoms with Crippen molar-refractivity contribution in [2.75, 3.05) is 6.61 Å². The average molecular weight is 514 g/mol. The van der Waals surface area contributed by atoms with Gasteiger partial charge in [-0.15, -0.1) is 13.2 Å². The molecule has 7 nitrogen and oxygen atoms in total. The number of aromatic hydroxyl groups is 1. The zero-order valence-electron chi connectivity index (χ0n) is 16.4. The van der Waals surface area contributed by atoms with Gasteiger partial charge in [0.1, 0.15) is 28.9 Å². The van der Waals surface area contributed by atoms with Gasteiger partial charge in [0.2, 0.25) is 0 Å². The molecule has 3 aromatic rings. The number of pyridine rings is 1. The maximum absolute atomic E-state index is 13.1. The van der Waals surface area contributed by atoms with Crippen LogP contribution in [0.25, 0.3) is 10.9 Å². The van der Waals surface area contributed by atoms with Gasteiger partial charge in [-0.2, -0.15) is 0 Å². The smallest absolute Gasteiger partial charge is 0.506 e. The second-order valence-corrected chi connectivity index (χ2v) is 7.77. The molecule has 0 radical (unpaired) electrons. The number of carbonyl (C=O) groups excluding carboxylic acids is 1. The molecule has 1 aliphatic heterocycles. The third-order valence-electron chi connectivity index (χ3n) is 4.87. The van der Waals surface area contributed by atoms with Gasteiger partial charge in [0.25, 0.3) is 5.56 Å². The lowest BCUT2D eigenvalue weighted by molar-refractivity contribution is -0.274. The van der Waals surface area contributed by atoms with Crippen LogP contribution < -0.4 is 15.0 Å². The van der Waals surface area contributed by atoms with E-state index in [1.54, 1.807) is 24.3 Å². The summed E-state index contributed by atoms with van der Waals surface area (Å²) in [6.07, 6.45) is -5.75. The molecule has 1 atom stereocenters. The number of benzene rings is 2. The topological polar surface area (TPSA) is 87.0 Å². The van der Waals surface area contributed by atoms with Crippen molar-refractivity contribution in [1.82, 2.24) is 4.57 Å². The van der Waals surface area contributed by atoms with Crippen LogP contribution in [-0.4, -0.2) is 28.6 Å². The van der Waals surface area contributed by atoms with Crippen molar-refractivity contribution in [3.63, 3.8) is 0 Å². The summed E-state index contributed by atoms with van der Waals surface area (Å²) in [6.45, 7) is 1.27. The Labute approximate surface area is 187 Å². The number of hydrogen-bond donors (Lipinski definition) is 1. The van der Waals surface area contributed by atoms with Crippen molar-refractivity contribution in [3.05, 3.63) is 62.4 Å². The molecule has 2 heterocycles. The number of halogens is 4. The van der Waals surface area contributed by atoms with Crippen LogP contribution in [0.4, 0.5) is 13.2 Å². The van der Waals surface area contributed by atoms with Crippen LogP contribution in [0.2, 0.25) is 0 Å². The van der Waals surface area contributed by atoms with Gasteiger partial charge in [0, 0.05) is 4.47 Å². The summed E-state index contributed by atoms with van der Waals surface area (Å²) >= 11 is 3.33. The molecule has 1 unspecified atom stereocenters. The SMILES string of the molecule is CCOC(=O)c1c(O)c2c(OC(F)(F)F)ccc3c2n(c1=O)CC(c1ccc(Br)cc1)O3. The molecule has 168 valence electrons. The van der Waals surface area contributed by atoms with Gasteiger partial charge in [-0.05, 0) is 36.8 Å². The molecule has 1 aromatic heterocycles. The van der Waals surface area contributed by atoms with Crippen molar-refractivity contribution < 1.29 is 37.3 Å². The lowest BCUT2D eigenvalue weighted by Gasteiger charge is -2.29. The molecule has 2 aromatic carbocycles. The van der Waals surface area contributed by atoms with Crippen LogP contribution in [0, 0.1) is 0 Å². The van der Waals surface area contributed by atoms with Crippen molar-refractivity contribution >= 4 is 32.8 Å². The number of ether oxygens (including phenoxy) is 3. The lowest BCUT2D eigenvalue weighted by Crippen LogP contribution is -2.34. The highest BCUT2D eigenvalue weighted by molar-refractivity contribution is 9.10. The van der Waals surface area contributed by atoms with Gasteiger partial charge >= 0.3 is 12.3 Å². The molecule has 0 bridgehead atoms. The van der Waals surface area contributed by atoms with Gasteiger partial charge in [-0.1, -0.05) is 28.1 Å². The Morgan fingerprint density at radius 2 is 1.94 bits per heavy atom. The largest absolute Gasteiger partial charge is 0.573 e. The highest BCUT2D eigenvalue weighted by Gasteiger charge is 2.36. The molecule has 1 N–H and O–H groups in total. The highest BCUT2D eigenvalue weighted by atomic mass is 79.9. The van der Waals surface area contributed by atoms with E-state index in [0.717, 1.165) is 15.1 Å². The van der Waals surface area contributed by atoms with Gasteiger partial charge in [0.05, 0.1) is 18.5 Å². The molecule has 0 saturated heterocycles. The summed E-state index contributed by atoms with van der Waals surface area (Å²) in [4.78, 5) is 25.5. The minimum Gasteiger partial charge on any atom is -0.506 e. The Morgan fingerprint density at radius 3 is 2.56 bits per heavy atom. The van der Waals surface area contributed by atoms with Crippen molar-refractivity contribution in [2.45, 2.75) is 25.9 Å². The molecule has 0 fully saturated rings. The van der Waals surface area contributed by atoms with E-state index in [9.17, 15) is 27.9 Å². The third kappa shape index (κ3) is 3.88. The first-order valence-electron chi connectivity index (χ1n) is 9.38. The Hall–Kier alpha value is -3.21. The van der Waals surface area contributed by atoms with E-state index in [1.807, 2.05) is 0 Å². The van der Waals surface area contributed by atoms with Crippen molar-refractivity contribution in [3.8, 4) is 17.2 Å². The first-order valence-corrected chi connectivity index (χ1v) is 10.2. The zero-order valence-corrected chi connectivity index (χ0v) is 18.0. The Kier molecular flexibility index (Phi) is 5.53. The number of rotatable bonds is 4. The number of hydrogen-bond acceptors (Lipinski definition) is 6. The number of esters is 1. The summed E-state index contributed by atoms with van der Waals surface area (Å²) in [6, 6.07) is 9.24. The number of carbonyl (C=O) groups is 1. The van der Waals surface area contributed by atoms with Crippen LogP contribution in [0.15, 0.2) is 45.7 Å². The zero-order chi connectivity index (χ0) is 23.2. The van der Waals surface area contributed by atoms with Gasteiger partial charge in [-0.3, -0.25) is 9.36 Å². The minimum atomic E-state index is -5.07. The maximum atomic E-state index is 13.1. The van der Waals surface area contributed by atoms with Crippen LogP contribution >= 0.6 is 15.9 Å². The second-order valence-electron chi connectivity index (χ2n) is 6.85. The van der Waals surface area contributed by atoms with Gasteiger partial charge < -0.3 is 19.3 Å². The van der Waals surface area contributed by atoms with Crippen LogP contribution in [0.3, 0.4) is 0 Å². The molecular weight excluding hydrogens is 499 g/mol. The normalized spacial score (nSPS) is 15.3. The van der Waals surface area contributed by atoms with Gasteiger partial charge in [0.15, 0.2) is 5.56 Å². The Balaban J connectivity index is 1.98. The first-order chi connectivity index (χ1) is 15.1. The predicted octanol–water partition coefficient (Wildman–Crippen LogP) is 4.68. The summed E-state index contributed by atoms with van der Waals surface area (Å²) in [7, 11) is 0. The highest BCUT2D eigenvalue weighted by Crippen LogP contribution is 2.44. The molecule has 1 aliphatic rings. The minimum absolute atomic E-state index is 0.0523. The molecule has 32 heavy (non-hydrogen) atoms. The molecule has 0 spiro atoms. The Morgan fingerprint density at radius 1 is 1.25 bits per heavy atom. The fourth-order valence-corrected chi connectivity index (χ4v) is 3.85. The van der Waals surface area contributed by atoms with E-state index in [2.05, 4.69) is 20.7 Å². The van der Waals surface area contributed by atoms with Crippen molar-refractivity contribution in [2.24, 2.45) is 0 Å². The second kappa shape index (κ2) is 8.05. The van der Waals surface area contributed by atoms with E-state index < -0.39 is 46.4 Å². The van der Waals surface area contributed by atoms with Crippen LogP contribution in [0.1, 0.15) is 28.9 Å². The summed E-state index contributed by atoms with van der Waals surface area (Å²) in [5.41, 5.74) is -1.11. The van der Waals surface area contributed by atoms with Gasteiger partial charge in [-0.25, -0.2) is 4.79 Å². The summed E-state index contributed by atoms with van der Waals surface area (Å²) < 4.78 is 55.7. The standard InChI is InChI=1S/C21H15BrF3NO6/c1-2-30-20(29)16-18(27)15-12(32-21(23,24)25)7-8-13-17(15)26(19(16)28)9-14(31-13)10-3-5-11(22)6-4-10/h3-8,14,27H,2,9H2,1H3. The van der Waals surface area contributed by atoms with E-state index >= 15 is 0 Å². The third-order valence-corrected chi connectivity index (χ3v) is 5.40. The predicted molar refractivity (Wildman–Crippen MR) is 110 cm³/mol. The van der Waals surface area contributed by atoms with Crippen LogP contribution in [-0.2, 0) is 11.3 Å². The van der Waals surface area contributed by atoms with Crippen LogP contribution in [0.5, 0.6) is 17.2 Å². The Bertz CT molecular complexity index is 1270. The van der Waals surface area contributed by atoms with E-state index in [0.29, 0.717) is 5.56 Å². The summed E-state index contributed by atoms with van der Waals surface area (Å²) in [5, 5.41) is 10.2. The average Bonchev–Trinajstić information content (AvgIpc) is 2.72. The number of alkyl halides is 3. The fraction of sp³-hybridized carbons (Fsp3) is 0.238. The van der Waals surface area contributed by atoms with E-state index in [1.165, 1.54) is 13.0 Å². The van der Waals surface area contributed by atoms with E-state index in [-0.39, 0.29) is 24.4 Å². The lowest BCUT2D eigenvalue weighted by atomic mass is 10.0. The molecule has 0 saturated carbocycles. The molecule has 4 rings (SSSR count). The fourth-order valence-electron chi connectivity index (χ4n) is 3.59.